The number of amides is 2. The van der Waals surface area contributed by atoms with E-state index in [9.17, 15) is 14.4 Å². The molecule has 0 atom stereocenters. The molecular weight excluding hydrogens is 416 g/mol. The lowest BCUT2D eigenvalue weighted by Crippen LogP contribution is -2.59. The summed E-state index contributed by atoms with van der Waals surface area (Å²) in [5, 5.41) is 0.301. The molecule has 1 aliphatic heterocycles. The van der Waals surface area contributed by atoms with E-state index >= 15 is 0 Å². The van der Waals surface area contributed by atoms with E-state index in [1.165, 1.54) is 13.2 Å². The summed E-state index contributed by atoms with van der Waals surface area (Å²) in [6, 6.07) is 3.04. The van der Waals surface area contributed by atoms with Crippen molar-refractivity contribution in [1.29, 1.82) is 0 Å². The van der Waals surface area contributed by atoms with E-state index in [1.807, 2.05) is 20.8 Å². The van der Waals surface area contributed by atoms with Crippen LogP contribution in [0.3, 0.4) is 0 Å². The van der Waals surface area contributed by atoms with Crippen LogP contribution in [0.25, 0.3) is 10.9 Å². The fraction of sp³-hybridized carbons (Fsp3) is 0.545. The van der Waals surface area contributed by atoms with Crippen LogP contribution >= 0.6 is 0 Å². The molecule has 32 heavy (non-hydrogen) atoms. The van der Waals surface area contributed by atoms with Crippen molar-refractivity contribution in [3.63, 3.8) is 0 Å². The SMILES string of the molecule is COc1cc2nc(C)[nH]c(=O)c2cc1OC(=O)N1CCN(C(=O)OC(C)(C)C)CC12CC2. The number of benzene rings is 1. The van der Waals surface area contributed by atoms with Crippen molar-refractivity contribution in [2.75, 3.05) is 26.7 Å². The molecule has 10 nitrogen and oxygen atoms in total. The van der Waals surface area contributed by atoms with E-state index in [2.05, 4.69) is 9.97 Å². The van der Waals surface area contributed by atoms with Gasteiger partial charge in [0.25, 0.3) is 5.56 Å². The standard InChI is InChI=1S/C22H28N4O6/c1-13-23-15-11-16(30-5)17(10-14(15)18(27)24-13)31-20(29)26-9-8-25(12-22(26)6-7-22)19(28)32-21(2,3)4/h10-11H,6-9,12H2,1-5H3,(H,23,24,27). The second-order valence-corrected chi connectivity index (χ2v) is 9.32. The highest BCUT2D eigenvalue weighted by molar-refractivity contribution is 5.84. The first-order valence-corrected chi connectivity index (χ1v) is 10.6. The molecule has 1 aromatic heterocycles. The molecule has 1 aromatic carbocycles. The Morgan fingerprint density at radius 1 is 1.12 bits per heavy atom. The molecule has 172 valence electrons. The van der Waals surface area contributed by atoms with Gasteiger partial charge in [-0.1, -0.05) is 0 Å². The molecule has 2 fully saturated rings. The Morgan fingerprint density at radius 2 is 1.84 bits per heavy atom. The number of rotatable bonds is 2. The average molecular weight is 444 g/mol. The lowest BCUT2D eigenvalue weighted by molar-refractivity contribution is 0.00238. The number of nitrogens with zero attached hydrogens (tertiary/aromatic N) is 3. The Labute approximate surface area is 185 Å². The predicted octanol–water partition coefficient (Wildman–Crippen LogP) is 2.82. The van der Waals surface area contributed by atoms with E-state index in [4.69, 9.17) is 14.2 Å². The fourth-order valence-electron chi connectivity index (χ4n) is 3.97. The zero-order valence-electron chi connectivity index (χ0n) is 19.0. The van der Waals surface area contributed by atoms with Gasteiger partial charge in [-0.2, -0.15) is 0 Å². The lowest BCUT2D eigenvalue weighted by Gasteiger charge is -2.41. The minimum absolute atomic E-state index is 0.145. The molecule has 1 N–H and O–H groups in total. The number of methoxy groups -OCH3 is 1. The van der Waals surface area contributed by atoms with E-state index in [0.29, 0.717) is 42.1 Å². The van der Waals surface area contributed by atoms with Crippen molar-refractivity contribution in [2.45, 2.75) is 51.7 Å². The van der Waals surface area contributed by atoms with Gasteiger partial charge in [0.15, 0.2) is 11.5 Å². The third-order valence-electron chi connectivity index (χ3n) is 5.66. The van der Waals surface area contributed by atoms with Crippen molar-refractivity contribution in [1.82, 2.24) is 19.8 Å². The Hall–Kier alpha value is -3.30. The van der Waals surface area contributed by atoms with Crippen LogP contribution in [0.4, 0.5) is 9.59 Å². The summed E-state index contributed by atoms with van der Waals surface area (Å²) in [6.07, 6.45) is 0.633. The minimum Gasteiger partial charge on any atom is -0.493 e. The number of piperazine rings is 1. The molecule has 1 spiro atoms. The third-order valence-corrected chi connectivity index (χ3v) is 5.66. The third kappa shape index (κ3) is 4.21. The summed E-state index contributed by atoms with van der Waals surface area (Å²) in [5.74, 6) is 0.931. The summed E-state index contributed by atoms with van der Waals surface area (Å²) in [4.78, 5) is 48.1. The number of carbonyl (C=O) groups excluding carboxylic acids is 2. The quantitative estimate of drug-likeness (QED) is 0.757. The Morgan fingerprint density at radius 3 is 2.47 bits per heavy atom. The summed E-state index contributed by atoms with van der Waals surface area (Å²) < 4.78 is 16.5. The number of aromatic nitrogens is 2. The number of hydrogen-bond donors (Lipinski definition) is 1. The van der Waals surface area contributed by atoms with Crippen LogP contribution in [-0.2, 0) is 4.74 Å². The molecule has 0 bridgehead atoms. The predicted molar refractivity (Wildman–Crippen MR) is 116 cm³/mol. The second-order valence-electron chi connectivity index (χ2n) is 9.32. The maximum atomic E-state index is 13.1. The van der Waals surface area contributed by atoms with Gasteiger partial charge >= 0.3 is 12.2 Å². The zero-order chi connectivity index (χ0) is 23.3. The molecule has 1 saturated heterocycles. The molecule has 0 unspecified atom stereocenters. The molecule has 2 heterocycles. The largest absolute Gasteiger partial charge is 0.493 e. The summed E-state index contributed by atoms with van der Waals surface area (Å²) >= 11 is 0. The number of H-pyrrole nitrogens is 1. The number of hydrogen-bond acceptors (Lipinski definition) is 7. The van der Waals surface area contributed by atoms with Crippen LogP contribution in [0.5, 0.6) is 11.5 Å². The van der Waals surface area contributed by atoms with E-state index in [1.54, 1.807) is 22.8 Å². The van der Waals surface area contributed by atoms with Gasteiger partial charge in [0.2, 0.25) is 0 Å². The molecule has 2 aromatic rings. The number of aryl methyl sites for hydroxylation is 1. The van der Waals surface area contributed by atoms with Crippen LogP contribution in [0.2, 0.25) is 0 Å². The average Bonchev–Trinajstić information content (AvgIpc) is 3.45. The van der Waals surface area contributed by atoms with E-state index in [0.717, 1.165) is 12.8 Å². The monoisotopic (exact) mass is 444 g/mol. The number of ether oxygens (including phenoxy) is 3. The van der Waals surface area contributed by atoms with Gasteiger partial charge in [-0.05, 0) is 46.6 Å². The van der Waals surface area contributed by atoms with Crippen LogP contribution in [0, 0.1) is 6.92 Å². The van der Waals surface area contributed by atoms with Crippen LogP contribution in [-0.4, -0.2) is 69.8 Å². The van der Waals surface area contributed by atoms with Gasteiger partial charge in [0, 0.05) is 25.7 Å². The highest BCUT2D eigenvalue weighted by Crippen LogP contribution is 2.45. The fourth-order valence-corrected chi connectivity index (χ4v) is 3.97. The molecule has 10 heteroatoms. The highest BCUT2D eigenvalue weighted by Gasteiger charge is 2.55. The van der Waals surface area contributed by atoms with Crippen molar-refractivity contribution >= 4 is 23.1 Å². The number of fused-ring (bicyclic) bond motifs is 1. The Kier molecular flexibility index (Phi) is 5.26. The summed E-state index contributed by atoms with van der Waals surface area (Å²) in [5.41, 5.74) is -0.904. The van der Waals surface area contributed by atoms with Crippen LogP contribution < -0.4 is 15.0 Å². The summed E-state index contributed by atoms with van der Waals surface area (Å²) in [7, 11) is 1.46. The minimum atomic E-state index is -0.582. The van der Waals surface area contributed by atoms with Gasteiger partial charge in [0.05, 0.1) is 23.6 Å². The first-order chi connectivity index (χ1) is 15.0. The number of aromatic amines is 1. The van der Waals surface area contributed by atoms with Crippen molar-refractivity contribution < 1.29 is 23.8 Å². The molecular formula is C22H28N4O6. The number of carbonyl (C=O) groups is 2. The van der Waals surface area contributed by atoms with Crippen molar-refractivity contribution in [2.24, 2.45) is 0 Å². The van der Waals surface area contributed by atoms with E-state index in [-0.39, 0.29) is 17.4 Å². The molecule has 2 aliphatic rings. The van der Waals surface area contributed by atoms with Crippen LogP contribution in [0.1, 0.15) is 39.4 Å². The molecule has 1 saturated carbocycles. The normalized spacial score (nSPS) is 17.4. The topological polar surface area (TPSA) is 114 Å². The smallest absolute Gasteiger partial charge is 0.415 e. The maximum absolute atomic E-state index is 13.1. The number of nitrogens with one attached hydrogen (secondary N) is 1. The summed E-state index contributed by atoms with van der Waals surface area (Å²) in [6.45, 7) is 8.24. The molecule has 0 radical (unpaired) electrons. The lowest BCUT2D eigenvalue weighted by atomic mass is 10.1. The first kappa shape index (κ1) is 21.9. The van der Waals surface area contributed by atoms with E-state index < -0.39 is 17.2 Å². The van der Waals surface area contributed by atoms with Gasteiger partial charge in [-0.3, -0.25) is 9.69 Å². The molecule has 4 rings (SSSR count). The Balaban J connectivity index is 1.53. The maximum Gasteiger partial charge on any atom is 0.415 e. The Bertz CT molecular complexity index is 1130. The van der Waals surface area contributed by atoms with Gasteiger partial charge < -0.3 is 24.1 Å². The highest BCUT2D eigenvalue weighted by atomic mass is 16.6. The zero-order valence-corrected chi connectivity index (χ0v) is 19.0. The first-order valence-electron chi connectivity index (χ1n) is 10.6. The van der Waals surface area contributed by atoms with Crippen molar-refractivity contribution in [3.8, 4) is 11.5 Å². The molecule has 1 aliphatic carbocycles. The van der Waals surface area contributed by atoms with Crippen molar-refractivity contribution in [3.05, 3.63) is 28.3 Å². The van der Waals surface area contributed by atoms with Crippen LogP contribution in [0.15, 0.2) is 16.9 Å². The van der Waals surface area contributed by atoms with Gasteiger partial charge in [-0.15, -0.1) is 0 Å². The molecule has 2 amide bonds. The van der Waals surface area contributed by atoms with Gasteiger partial charge in [-0.25, -0.2) is 14.6 Å². The second kappa shape index (κ2) is 7.68. The van der Waals surface area contributed by atoms with Gasteiger partial charge in [0.1, 0.15) is 11.4 Å².